The normalized spacial score (nSPS) is 11.9. The molecule has 1 heterocycles. The number of benzene rings is 1. The summed E-state index contributed by atoms with van der Waals surface area (Å²) in [6, 6.07) is 5.53. The number of nitrogens with one attached hydrogen (secondary N) is 1. The summed E-state index contributed by atoms with van der Waals surface area (Å²) in [4.78, 5) is 14.4. The van der Waals surface area contributed by atoms with Crippen LogP contribution in [0.1, 0.15) is 29.8 Å². The maximum absolute atomic E-state index is 11.3. The fourth-order valence-corrected chi connectivity index (χ4v) is 2.05. The number of rotatable bonds is 3. The largest absolute Gasteiger partial charge is 0.366 e. The number of aromatic amines is 1. The van der Waals surface area contributed by atoms with Crippen molar-refractivity contribution in [2.45, 2.75) is 25.8 Å². The minimum atomic E-state index is -0.420. The molecule has 0 atom stereocenters. The van der Waals surface area contributed by atoms with Crippen LogP contribution in [-0.4, -0.2) is 16.4 Å². The molecule has 0 unspecified atom stereocenters. The second-order valence-electron chi connectivity index (χ2n) is 5.07. The summed E-state index contributed by atoms with van der Waals surface area (Å²) < 4.78 is 0. The van der Waals surface area contributed by atoms with Gasteiger partial charge in [0.2, 0.25) is 0 Å². The van der Waals surface area contributed by atoms with Gasteiger partial charge in [-0.25, -0.2) is 0 Å². The highest BCUT2D eigenvalue weighted by Crippen LogP contribution is 2.24. The van der Waals surface area contributed by atoms with Crippen molar-refractivity contribution in [3.8, 4) is 0 Å². The van der Waals surface area contributed by atoms with Crippen molar-refractivity contribution in [3.63, 3.8) is 0 Å². The van der Waals surface area contributed by atoms with Crippen LogP contribution in [0.3, 0.4) is 0 Å². The molecule has 1 aromatic heterocycles. The summed E-state index contributed by atoms with van der Waals surface area (Å²) in [5.74, 6) is -0.420. The van der Waals surface area contributed by atoms with Crippen molar-refractivity contribution in [2.75, 3.05) is 0 Å². The first kappa shape index (κ1) is 11.7. The molecule has 2 aromatic rings. The first-order valence-electron chi connectivity index (χ1n) is 5.56. The molecule has 0 radical (unpaired) electrons. The molecule has 17 heavy (non-hydrogen) atoms. The van der Waals surface area contributed by atoms with Gasteiger partial charge in [-0.3, -0.25) is 4.79 Å². The Hall–Kier alpha value is -1.81. The highest BCUT2D eigenvalue weighted by Gasteiger charge is 2.16. The van der Waals surface area contributed by atoms with Crippen molar-refractivity contribution in [1.82, 2.24) is 4.98 Å². The SMILES string of the molecule is CC(C)(N)Cc1c[nH]c2c(C(N)=O)cccc12. The van der Waals surface area contributed by atoms with E-state index in [9.17, 15) is 4.79 Å². The molecule has 1 amide bonds. The van der Waals surface area contributed by atoms with Gasteiger partial charge in [0.05, 0.1) is 11.1 Å². The molecule has 90 valence electrons. The summed E-state index contributed by atoms with van der Waals surface area (Å²) >= 11 is 0. The standard InChI is InChI=1S/C13H17N3O/c1-13(2,15)6-8-7-16-11-9(8)4-3-5-10(11)12(14)17/h3-5,7,16H,6,15H2,1-2H3,(H2,14,17). The molecule has 4 heteroatoms. The predicted molar refractivity (Wildman–Crippen MR) is 68.8 cm³/mol. The fraction of sp³-hybridized carbons (Fsp3) is 0.308. The van der Waals surface area contributed by atoms with Gasteiger partial charge < -0.3 is 16.5 Å². The van der Waals surface area contributed by atoms with Crippen molar-refractivity contribution in [2.24, 2.45) is 11.5 Å². The number of H-pyrrole nitrogens is 1. The third-order valence-corrected chi connectivity index (χ3v) is 2.71. The Balaban J connectivity index is 2.55. The lowest BCUT2D eigenvalue weighted by Gasteiger charge is -2.17. The van der Waals surface area contributed by atoms with Crippen LogP contribution in [0, 0.1) is 0 Å². The van der Waals surface area contributed by atoms with Crippen LogP contribution >= 0.6 is 0 Å². The van der Waals surface area contributed by atoms with Gasteiger partial charge in [-0.1, -0.05) is 12.1 Å². The molecule has 0 saturated carbocycles. The number of fused-ring (bicyclic) bond motifs is 1. The van der Waals surface area contributed by atoms with Crippen LogP contribution in [0.5, 0.6) is 0 Å². The molecule has 0 bridgehead atoms. The van der Waals surface area contributed by atoms with Crippen LogP contribution < -0.4 is 11.5 Å². The molecule has 0 aliphatic rings. The molecule has 2 rings (SSSR count). The lowest BCUT2D eigenvalue weighted by atomic mass is 9.95. The van der Waals surface area contributed by atoms with Gasteiger partial charge in [0.15, 0.2) is 0 Å². The van der Waals surface area contributed by atoms with Crippen LogP contribution in [-0.2, 0) is 6.42 Å². The number of aromatic nitrogens is 1. The number of carbonyl (C=O) groups excluding carboxylic acids is 1. The zero-order valence-corrected chi connectivity index (χ0v) is 10.1. The van der Waals surface area contributed by atoms with E-state index in [2.05, 4.69) is 4.98 Å². The van der Waals surface area contributed by atoms with Gasteiger partial charge in [0, 0.05) is 17.1 Å². The van der Waals surface area contributed by atoms with E-state index in [1.54, 1.807) is 6.07 Å². The fourth-order valence-electron chi connectivity index (χ4n) is 2.05. The second-order valence-corrected chi connectivity index (χ2v) is 5.07. The monoisotopic (exact) mass is 231 g/mol. The lowest BCUT2D eigenvalue weighted by Crippen LogP contribution is -2.34. The van der Waals surface area contributed by atoms with Crippen LogP contribution in [0.25, 0.3) is 10.9 Å². The Bertz CT molecular complexity index is 564. The molecule has 0 fully saturated rings. The maximum atomic E-state index is 11.3. The Morgan fingerprint density at radius 3 is 2.71 bits per heavy atom. The first-order valence-corrected chi connectivity index (χ1v) is 5.56. The number of para-hydroxylation sites is 1. The molecule has 0 saturated heterocycles. The topological polar surface area (TPSA) is 84.9 Å². The highest BCUT2D eigenvalue weighted by atomic mass is 16.1. The van der Waals surface area contributed by atoms with Crippen molar-refractivity contribution < 1.29 is 4.79 Å². The molecule has 1 aromatic carbocycles. The zero-order chi connectivity index (χ0) is 12.6. The van der Waals surface area contributed by atoms with Crippen molar-refractivity contribution in [3.05, 3.63) is 35.5 Å². The van der Waals surface area contributed by atoms with Crippen LogP contribution in [0.4, 0.5) is 0 Å². The van der Waals surface area contributed by atoms with Gasteiger partial charge in [-0.2, -0.15) is 0 Å². The Labute approximate surface area is 100.0 Å². The smallest absolute Gasteiger partial charge is 0.250 e. The summed E-state index contributed by atoms with van der Waals surface area (Å²) in [5, 5.41) is 1.01. The van der Waals surface area contributed by atoms with Gasteiger partial charge in [0.25, 0.3) is 5.91 Å². The van der Waals surface area contributed by atoms with Crippen molar-refractivity contribution in [1.29, 1.82) is 0 Å². The summed E-state index contributed by atoms with van der Waals surface area (Å²) in [6.07, 6.45) is 2.64. The Morgan fingerprint density at radius 2 is 2.12 bits per heavy atom. The predicted octanol–water partition coefficient (Wildman–Crippen LogP) is 1.55. The van der Waals surface area contributed by atoms with E-state index in [0.29, 0.717) is 5.56 Å². The third-order valence-electron chi connectivity index (χ3n) is 2.71. The number of primary amides is 1. The van der Waals surface area contributed by atoms with Crippen LogP contribution in [0.15, 0.2) is 24.4 Å². The minimum Gasteiger partial charge on any atom is -0.366 e. The van der Waals surface area contributed by atoms with E-state index in [-0.39, 0.29) is 5.54 Å². The molecule has 5 N–H and O–H groups in total. The van der Waals surface area contributed by atoms with Gasteiger partial charge in [-0.05, 0) is 31.9 Å². The Morgan fingerprint density at radius 1 is 1.41 bits per heavy atom. The van der Waals surface area contributed by atoms with E-state index in [0.717, 1.165) is 22.9 Å². The Kier molecular flexibility index (Phi) is 2.67. The van der Waals surface area contributed by atoms with Gasteiger partial charge in [0.1, 0.15) is 0 Å². The van der Waals surface area contributed by atoms with Crippen molar-refractivity contribution >= 4 is 16.8 Å². The lowest BCUT2D eigenvalue weighted by molar-refractivity contribution is 0.100. The molecular formula is C13H17N3O. The third kappa shape index (κ3) is 2.31. The summed E-state index contributed by atoms with van der Waals surface area (Å²) in [7, 11) is 0. The molecule has 0 aliphatic carbocycles. The number of amides is 1. The molecule has 0 aliphatic heterocycles. The van der Waals surface area contributed by atoms with E-state index in [4.69, 9.17) is 11.5 Å². The average Bonchev–Trinajstić information content (AvgIpc) is 2.59. The van der Waals surface area contributed by atoms with E-state index in [1.807, 2.05) is 32.2 Å². The average molecular weight is 231 g/mol. The molecule has 0 spiro atoms. The zero-order valence-electron chi connectivity index (χ0n) is 10.1. The highest BCUT2D eigenvalue weighted by molar-refractivity contribution is 6.05. The van der Waals surface area contributed by atoms with Crippen LogP contribution in [0.2, 0.25) is 0 Å². The number of hydrogen-bond donors (Lipinski definition) is 3. The summed E-state index contributed by atoms with van der Waals surface area (Å²) in [6.45, 7) is 3.95. The van der Waals surface area contributed by atoms with Gasteiger partial charge in [-0.15, -0.1) is 0 Å². The molecule has 4 nitrogen and oxygen atoms in total. The second kappa shape index (κ2) is 3.89. The maximum Gasteiger partial charge on any atom is 0.250 e. The molecular weight excluding hydrogens is 214 g/mol. The number of hydrogen-bond acceptors (Lipinski definition) is 2. The van der Waals surface area contributed by atoms with E-state index >= 15 is 0 Å². The summed E-state index contributed by atoms with van der Waals surface area (Å²) in [5.41, 5.74) is 13.5. The van der Waals surface area contributed by atoms with E-state index in [1.165, 1.54) is 0 Å². The number of carbonyl (C=O) groups is 1. The number of nitrogens with two attached hydrogens (primary N) is 2. The minimum absolute atomic E-state index is 0.280. The van der Waals surface area contributed by atoms with E-state index < -0.39 is 5.91 Å². The van der Waals surface area contributed by atoms with Gasteiger partial charge >= 0.3 is 0 Å². The quantitative estimate of drug-likeness (QED) is 0.748. The first-order chi connectivity index (χ1) is 7.88.